The first-order valence-corrected chi connectivity index (χ1v) is 4.71. The highest BCUT2D eigenvalue weighted by Gasteiger charge is 2.20. The van der Waals surface area contributed by atoms with Crippen molar-refractivity contribution in [2.24, 2.45) is 0 Å². The number of rotatable bonds is 3. The minimum absolute atomic E-state index is 0.0594. The predicted octanol–water partition coefficient (Wildman–Crippen LogP) is 2.10. The fourth-order valence-corrected chi connectivity index (χ4v) is 1.86. The monoisotopic (exact) mass is 180 g/mol. The van der Waals surface area contributed by atoms with Gasteiger partial charge >= 0.3 is 0 Å². The lowest BCUT2D eigenvalue weighted by Gasteiger charge is -2.21. The van der Waals surface area contributed by atoms with Crippen LogP contribution in [0.4, 0.5) is 0 Å². The largest absolute Gasteiger partial charge is 0.323 e. The van der Waals surface area contributed by atoms with Crippen LogP contribution >= 0.6 is 11.3 Å². The van der Waals surface area contributed by atoms with Gasteiger partial charge in [0, 0.05) is 16.8 Å². The van der Waals surface area contributed by atoms with Crippen molar-refractivity contribution in [3.8, 4) is 6.19 Å². The van der Waals surface area contributed by atoms with Gasteiger partial charge in [-0.15, -0.1) is 11.3 Å². The Bertz CT molecular complexity index is 269. The van der Waals surface area contributed by atoms with Gasteiger partial charge in [0.2, 0.25) is 0 Å². The van der Waals surface area contributed by atoms with Crippen LogP contribution in [0.15, 0.2) is 17.5 Å². The summed E-state index contributed by atoms with van der Waals surface area (Å²) in [6.45, 7) is 4.95. The van der Waals surface area contributed by atoms with Gasteiger partial charge in [0.05, 0.1) is 0 Å². The minimum Gasteiger partial charge on any atom is -0.323 e. The van der Waals surface area contributed by atoms with Crippen LogP contribution in [0.5, 0.6) is 0 Å². The van der Waals surface area contributed by atoms with E-state index in [1.807, 2.05) is 12.3 Å². The Balaban J connectivity index is 2.67. The summed E-state index contributed by atoms with van der Waals surface area (Å²) < 4.78 is 0. The number of nitrogens with zero attached hydrogens (tertiary/aromatic N) is 1. The van der Waals surface area contributed by atoms with Gasteiger partial charge in [-0.1, -0.05) is 19.9 Å². The SMILES string of the molecule is CC(C)(CNC#N)c1cccs1. The highest BCUT2D eigenvalue weighted by Crippen LogP contribution is 2.26. The molecule has 0 aliphatic rings. The molecular formula is C9H12N2S. The molecule has 0 aliphatic heterocycles. The molecule has 0 saturated carbocycles. The fourth-order valence-electron chi connectivity index (χ4n) is 1.01. The number of thiophene rings is 1. The van der Waals surface area contributed by atoms with Crippen molar-refractivity contribution in [3.05, 3.63) is 22.4 Å². The zero-order chi connectivity index (χ0) is 9.03. The van der Waals surface area contributed by atoms with Crippen molar-refractivity contribution >= 4 is 11.3 Å². The summed E-state index contributed by atoms with van der Waals surface area (Å²) >= 11 is 1.73. The van der Waals surface area contributed by atoms with Gasteiger partial charge < -0.3 is 5.32 Å². The maximum absolute atomic E-state index is 8.37. The van der Waals surface area contributed by atoms with E-state index in [0.29, 0.717) is 6.54 Å². The molecule has 0 aliphatic carbocycles. The Morgan fingerprint density at radius 3 is 2.92 bits per heavy atom. The lowest BCUT2D eigenvalue weighted by atomic mass is 9.92. The molecule has 1 aromatic rings. The predicted molar refractivity (Wildman–Crippen MR) is 51.0 cm³/mol. The van der Waals surface area contributed by atoms with E-state index in [9.17, 15) is 0 Å². The van der Waals surface area contributed by atoms with Crippen LogP contribution in [0.1, 0.15) is 18.7 Å². The molecular weight excluding hydrogens is 168 g/mol. The highest BCUT2D eigenvalue weighted by molar-refractivity contribution is 7.10. The maximum atomic E-state index is 8.37. The number of nitriles is 1. The summed E-state index contributed by atoms with van der Waals surface area (Å²) in [6.07, 6.45) is 1.94. The molecule has 1 heterocycles. The van der Waals surface area contributed by atoms with Gasteiger partial charge in [0.15, 0.2) is 6.19 Å². The molecule has 0 spiro atoms. The molecule has 1 rings (SSSR count). The van der Waals surface area contributed by atoms with Gasteiger partial charge in [-0.05, 0) is 11.4 Å². The molecule has 0 amide bonds. The average molecular weight is 180 g/mol. The molecule has 0 fully saturated rings. The summed E-state index contributed by atoms with van der Waals surface area (Å²) in [4.78, 5) is 1.31. The third-order valence-corrected chi connectivity index (χ3v) is 3.03. The van der Waals surface area contributed by atoms with Crippen LogP contribution in [0.25, 0.3) is 0 Å². The van der Waals surface area contributed by atoms with Crippen molar-refractivity contribution in [2.75, 3.05) is 6.54 Å². The Morgan fingerprint density at radius 1 is 1.67 bits per heavy atom. The van der Waals surface area contributed by atoms with Crippen LogP contribution in [0, 0.1) is 11.5 Å². The van der Waals surface area contributed by atoms with Crippen molar-refractivity contribution in [3.63, 3.8) is 0 Å². The van der Waals surface area contributed by atoms with Crippen molar-refractivity contribution < 1.29 is 0 Å². The third kappa shape index (κ3) is 1.99. The second-order valence-electron chi connectivity index (χ2n) is 3.33. The summed E-state index contributed by atoms with van der Waals surface area (Å²) in [7, 11) is 0. The molecule has 3 heteroatoms. The number of nitrogens with one attached hydrogen (secondary N) is 1. The van der Waals surface area contributed by atoms with Gasteiger partial charge in [0.1, 0.15) is 0 Å². The summed E-state index contributed by atoms with van der Waals surface area (Å²) in [5.41, 5.74) is 0.0594. The molecule has 0 atom stereocenters. The van der Waals surface area contributed by atoms with Crippen molar-refractivity contribution in [1.82, 2.24) is 5.32 Å². The molecule has 0 bridgehead atoms. The van der Waals surface area contributed by atoms with Gasteiger partial charge in [-0.2, -0.15) is 5.26 Å². The first-order valence-electron chi connectivity index (χ1n) is 3.83. The van der Waals surface area contributed by atoms with E-state index in [-0.39, 0.29) is 5.41 Å². The van der Waals surface area contributed by atoms with Crippen LogP contribution in [-0.4, -0.2) is 6.54 Å². The standard InChI is InChI=1S/C9H12N2S/c1-9(2,6-11-7-10)8-4-3-5-12-8/h3-5,11H,6H2,1-2H3. The zero-order valence-electron chi connectivity index (χ0n) is 7.29. The first-order chi connectivity index (χ1) is 5.67. The molecule has 1 aromatic heterocycles. The Labute approximate surface area is 76.8 Å². The Kier molecular flexibility index (Phi) is 2.72. The molecule has 1 N–H and O–H groups in total. The van der Waals surface area contributed by atoms with Gasteiger partial charge in [-0.3, -0.25) is 0 Å². The summed E-state index contributed by atoms with van der Waals surface area (Å²) in [6, 6.07) is 4.14. The van der Waals surface area contributed by atoms with Crippen LogP contribution < -0.4 is 5.32 Å². The van der Waals surface area contributed by atoms with E-state index in [4.69, 9.17) is 5.26 Å². The van der Waals surface area contributed by atoms with E-state index < -0.39 is 0 Å². The average Bonchev–Trinajstić information content (AvgIpc) is 2.53. The summed E-state index contributed by atoms with van der Waals surface area (Å²) in [5, 5.41) is 13.1. The molecule has 0 saturated heterocycles. The Morgan fingerprint density at radius 2 is 2.42 bits per heavy atom. The molecule has 64 valence electrons. The van der Waals surface area contributed by atoms with E-state index in [1.165, 1.54) is 4.88 Å². The van der Waals surface area contributed by atoms with Crippen LogP contribution in [0.3, 0.4) is 0 Å². The number of hydrogen-bond donors (Lipinski definition) is 1. The minimum atomic E-state index is 0.0594. The highest BCUT2D eigenvalue weighted by atomic mass is 32.1. The lowest BCUT2D eigenvalue weighted by molar-refractivity contribution is 0.517. The van der Waals surface area contributed by atoms with E-state index in [1.54, 1.807) is 11.3 Å². The van der Waals surface area contributed by atoms with E-state index in [2.05, 4.69) is 30.6 Å². The van der Waals surface area contributed by atoms with Gasteiger partial charge in [0.25, 0.3) is 0 Å². The molecule has 0 unspecified atom stereocenters. The lowest BCUT2D eigenvalue weighted by Crippen LogP contribution is -2.29. The first kappa shape index (κ1) is 9.08. The van der Waals surface area contributed by atoms with Crippen LogP contribution in [0.2, 0.25) is 0 Å². The third-order valence-electron chi connectivity index (χ3n) is 1.80. The smallest absolute Gasteiger partial charge is 0.176 e. The molecule has 0 aromatic carbocycles. The molecule has 2 nitrogen and oxygen atoms in total. The molecule has 12 heavy (non-hydrogen) atoms. The zero-order valence-corrected chi connectivity index (χ0v) is 8.11. The second-order valence-corrected chi connectivity index (χ2v) is 4.27. The summed E-state index contributed by atoms with van der Waals surface area (Å²) in [5.74, 6) is 0. The normalized spacial score (nSPS) is 10.8. The maximum Gasteiger partial charge on any atom is 0.176 e. The van der Waals surface area contributed by atoms with Gasteiger partial charge in [-0.25, -0.2) is 0 Å². The number of hydrogen-bond acceptors (Lipinski definition) is 3. The van der Waals surface area contributed by atoms with E-state index in [0.717, 1.165) is 0 Å². The molecule has 0 radical (unpaired) electrons. The Hall–Kier alpha value is -1.01. The van der Waals surface area contributed by atoms with Crippen molar-refractivity contribution in [1.29, 1.82) is 5.26 Å². The topological polar surface area (TPSA) is 35.8 Å². The quantitative estimate of drug-likeness (QED) is 0.571. The second kappa shape index (κ2) is 3.59. The van der Waals surface area contributed by atoms with E-state index >= 15 is 0 Å². The van der Waals surface area contributed by atoms with Crippen molar-refractivity contribution in [2.45, 2.75) is 19.3 Å². The van der Waals surface area contributed by atoms with Crippen LogP contribution in [-0.2, 0) is 5.41 Å². The fraction of sp³-hybridized carbons (Fsp3) is 0.444.